The molecule has 1 aromatic heterocycles. The molecule has 0 bridgehead atoms. The van der Waals surface area contributed by atoms with Crippen molar-refractivity contribution in [3.63, 3.8) is 0 Å². The van der Waals surface area contributed by atoms with Gasteiger partial charge in [0.25, 0.3) is 10.1 Å². The summed E-state index contributed by atoms with van der Waals surface area (Å²) in [5.41, 5.74) is 0.383. The molecule has 0 unspecified atom stereocenters. The Bertz CT molecular complexity index is 877. The second-order valence-corrected chi connectivity index (χ2v) is 6.62. The van der Waals surface area contributed by atoms with Gasteiger partial charge in [-0.2, -0.15) is 8.42 Å². The van der Waals surface area contributed by atoms with Gasteiger partial charge < -0.3 is 9.32 Å². The predicted molar refractivity (Wildman–Crippen MR) is 93.9 cm³/mol. The predicted octanol–water partition coefficient (Wildman–Crippen LogP) is 1.06. The molecule has 0 atom stereocenters. The van der Waals surface area contributed by atoms with E-state index in [1.165, 1.54) is 6.07 Å². The number of anilines is 1. The normalized spacial score (nSPS) is 11.1. The van der Waals surface area contributed by atoms with Gasteiger partial charge in [-0.25, -0.2) is 4.79 Å². The molecule has 0 amide bonds. The first kappa shape index (κ1) is 20.9. The third kappa shape index (κ3) is 5.42. The van der Waals surface area contributed by atoms with E-state index in [0.29, 0.717) is 30.3 Å². The minimum atomic E-state index is -3.98. The monoisotopic (exact) mass is 363 g/mol. The van der Waals surface area contributed by atoms with Crippen molar-refractivity contribution in [3.05, 3.63) is 40.2 Å². The topological polar surface area (TPSA) is 105 Å². The maximum absolute atomic E-state index is 11.6. The summed E-state index contributed by atoms with van der Waals surface area (Å²) in [6.45, 7) is 2.95. The Hall–Kier alpha value is -1.19. The number of nitrogens with zero attached hydrogens (tertiary/aromatic N) is 1. The fourth-order valence-corrected chi connectivity index (χ4v) is 2.80. The van der Waals surface area contributed by atoms with Crippen LogP contribution in [0.2, 0.25) is 0 Å². The van der Waals surface area contributed by atoms with E-state index in [9.17, 15) is 18.0 Å². The molecule has 1 heterocycles. The van der Waals surface area contributed by atoms with Gasteiger partial charge in [-0.3, -0.25) is 9.35 Å². The molecular weight excluding hydrogens is 345 g/mol. The second-order valence-electron chi connectivity index (χ2n) is 5.05. The molecule has 24 heavy (non-hydrogen) atoms. The summed E-state index contributed by atoms with van der Waals surface area (Å²) in [7, 11) is -3.98. The Kier molecular flexibility index (Phi) is 7.62. The van der Waals surface area contributed by atoms with Crippen molar-refractivity contribution < 1.29 is 22.2 Å². The number of rotatable bonds is 7. The van der Waals surface area contributed by atoms with Crippen molar-refractivity contribution in [2.75, 3.05) is 23.7 Å². The summed E-state index contributed by atoms with van der Waals surface area (Å²) in [5.74, 6) is -0.311. The van der Waals surface area contributed by atoms with Crippen LogP contribution in [0.1, 0.15) is 23.7 Å². The summed E-state index contributed by atoms with van der Waals surface area (Å²) in [4.78, 5) is 24.2. The Balaban J connectivity index is 0.00000288. The SMILES string of the molecule is CCN(CCCS(=O)(=O)O)c1ccc2cc(C=O)c(=O)oc2c1.[NaH]. The third-order valence-corrected chi connectivity index (χ3v) is 4.26. The first-order chi connectivity index (χ1) is 10.8. The van der Waals surface area contributed by atoms with Crippen LogP contribution < -0.4 is 10.5 Å². The summed E-state index contributed by atoms with van der Waals surface area (Å²) < 4.78 is 35.4. The van der Waals surface area contributed by atoms with Gasteiger partial charge in [0.05, 0.1) is 5.75 Å². The van der Waals surface area contributed by atoms with E-state index in [-0.39, 0.29) is 47.3 Å². The van der Waals surface area contributed by atoms with Crippen LogP contribution in [0.3, 0.4) is 0 Å². The van der Waals surface area contributed by atoms with Crippen LogP contribution in [-0.4, -0.2) is 67.7 Å². The second kappa shape index (κ2) is 8.77. The van der Waals surface area contributed by atoms with Gasteiger partial charge in [-0.05, 0) is 31.5 Å². The van der Waals surface area contributed by atoms with E-state index in [2.05, 4.69) is 0 Å². The van der Waals surface area contributed by atoms with Crippen molar-refractivity contribution >= 4 is 62.6 Å². The number of benzene rings is 1. The number of fused-ring (bicyclic) bond motifs is 1. The molecular formula is C15H18NNaO6S. The average molecular weight is 363 g/mol. The van der Waals surface area contributed by atoms with Crippen LogP contribution in [0.5, 0.6) is 0 Å². The number of hydrogen-bond acceptors (Lipinski definition) is 6. The van der Waals surface area contributed by atoms with Crippen molar-refractivity contribution in [1.29, 1.82) is 0 Å². The van der Waals surface area contributed by atoms with E-state index in [4.69, 9.17) is 8.97 Å². The summed E-state index contributed by atoms with van der Waals surface area (Å²) >= 11 is 0. The molecule has 0 aliphatic carbocycles. The van der Waals surface area contributed by atoms with Crippen LogP contribution in [0.25, 0.3) is 11.0 Å². The molecule has 1 aromatic carbocycles. The minimum absolute atomic E-state index is 0. The number of aldehydes is 1. The molecule has 0 fully saturated rings. The first-order valence-electron chi connectivity index (χ1n) is 7.07. The number of carbonyl (C=O) groups excluding carboxylic acids is 1. The van der Waals surface area contributed by atoms with Gasteiger partial charge >= 0.3 is 35.2 Å². The van der Waals surface area contributed by atoms with Crippen LogP contribution in [-0.2, 0) is 10.1 Å². The zero-order chi connectivity index (χ0) is 17.0. The number of hydrogen-bond donors (Lipinski definition) is 1. The van der Waals surface area contributed by atoms with Gasteiger partial charge in [0, 0.05) is 30.2 Å². The van der Waals surface area contributed by atoms with Gasteiger partial charge in [-0.1, -0.05) is 0 Å². The molecule has 0 radical (unpaired) electrons. The number of carbonyl (C=O) groups is 1. The standard InChI is InChI=1S/C15H17NO6S.Na.H/c1-2-16(6-3-7-23(19,20)21)13-5-4-11-8-12(10-17)15(18)22-14(11)9-13;;/h4-5,8-10H,2-3,6-7H2,1H3,(H,19,20,21);;. The van der Waals surface area contributed by atoms with E-state index < -0.39 is 15.7 Å². The van der Waals surface area contributed by atoms with Gasteiger partial charge in [0.15, 0.2) is 6.29 Å². The van der Waals surface area contributed by atoms with Crippen molar-refractivity contribution in [3.8, 4) is 0 Å². The Morgan fingerprint density at radius 1 is 1.29 bits per heavy atom. The van der Waals surface area contributed by atoms with E-state index in [1.807, 2.05) is 11.8 Å². The Morgan fingerprint density at radius 3 is 2.58 bits per heavy atom. The fourth-order valence-electron chi connectivity index (χ4n) is 2.30. The van der Waals surface area contributed by atoms with Crippen LogP contribution in [0.15, 0.2) is 33.5 Å². The van der Waals surface area contributed by atoms with Gasteiger partial charge in [0.2, 0.25) is 0 Å². The van der Waals surface area contributed by atoms with Crippen molar-refractivity contribution in [2.24, 2.45) is 0 Å². The zero-order valence-electron chi connectivity index (χ0n) is 12.6. The van der Waals surface area contributed by atoms with Crippen LogP contribution in [0.4, 0.5) is 5.69 Å². The van der Waals surface area contributed by atoms with Crippen LogP contribution >= 0.6 is 0 Å². The van der Waals surface area contributed by atoms with Gasteiger partial charge in [-0.15, -0.1) is 0 Å². The van der Waals surface area contributed by atoms with Crippen molar-refractivity contribution in [2.45, 2.75) is 13.3 Å². The van der Waals surface area contributed by atoms with Gasteiger partial charge in [0.1, 0.15) is 11.1 Å². The summed E-state index contributed by atoms with van der Waals surface area (Å²) in [5, 5.41) is 0.629. The van der Waals surface area contributed by atoms with Crippen LogP contribution in [0, 0.1) is 0 Å². The van der Waals surface area contributed by atoms with Crippen molar-refractivity contribution in [1.82, 2.24) is 0 Å². The zero-order valence-corrected chi connectivity index (χ0v) is 13.4. The fraction of sp³-hybridized carbons (Fsp3) is 0.333. The molecule has 0 aliphatic rings. The summed E-state index contributed by atoms with van der Waals surface area (Å²) in [6, 6.07) is 6.66. The molecule has 126 valence electrons. The third-order valence-electron chi connectivity index (χ3n) is 3.45. The molecule has 7 nitrogen and oxygen atoms in total. The molecule has 0 saturated heterocycles. The maximum atomic E-state index is 11.6. The van der Waals surface area contributed by atoms with E-state index >= 15 is 0 Å². The molecule has 1 N–H and O–H groups in total. The Morgan fingerprint density at radius 2 is 2.00 bits per heavy atom. The summed E-state index contributed by atoms with van der Waals surface area (Å²) in [6.07, 6.45) is 0.728. The van der Waals surface area contributed by atoms with E-state index in [1.54, 1.807) is 18.2 Å². The molecule has 0 aliphatic heterocycles. The molecule has 2 rings (SSSR count). The molecule has 2 aromatic rings. The average Bonchev–Trinajstić information content (AvgIpc) is 2.49. The first-order valence-corrected chi connectivity index (χ1v) is 8.68. The molecule has 0 spiro atoms. The molecule has 9 heteroatoms. The molecule has 0 saturated carbocycles. The van der Waals surface area contributed by atoms with E-state index in [0.717, 1.165) is 5.69 Å². The quantitative estimate of drug-likeness (QED) is 0.339. The Labute approximate surface area is 161 Å².